The van der Waals surface area contributed by atoms with Crippen LogP contribution in [-0.2, 0) is 6.42 Å². The minimum atomic E-state index is -0.108. The molecule has 0 fully saturated rings. The van der Waals surface area contributed by atoms with E-state index in [2.05, 4.69) is 16.9 Å². The van der Waals surface area contributed by atoms with E-state index in [0.717, 1.165) is 22.9 Å². The average molecular weight is 271 g/mol. The summed E-state index contributed by atoms with van der Waals surface area (Å²) in [5, 5.41) is 5.52. The van der Waals surface area contributed by atoms with Crippen molar-refractivity contribution in [3.63, 3.8) is 0 Å². The number of aromatic nitrogens is 1. The van der Waals surface area contributed by atoms with E-state index in [-0.39, 0.29) is 5.91 Å². The number of amides is 1. The molecule has 0 aliphatic heterocycles. The molecule has 4 nitrogen and oxygen atoms in total. The fourth-order valence-corrected chi connectivity index (χ4v) is 2.52. The SMILES string of the molecule is C=CCSCCNC(=O)c1csc(CCN)n1. The third-order valence-electron chi connectivity index (χ3n) is 1.91. The lowest BCUT2D eigenvalue weighted by atomic mass is 10.4. The molecular weight excluding hydrogens is 254 g/mol. The summed E-state index contributed by atoms with van der Waals surface area (Å²) >= 11 is 3.22. The first-order chi connectivity index (χ1) is 8.27. The summed E-state index contributed by atoms with van der Waals surface area (Å²) in [6.45, 7) is 4.85. The Bertz CT molecular complexity index is 365. The van der Waals surface area contributed by atoms with Crippen LogP contribution in [0.5, 0.6) is 0 Å². The predicted octanol–water partition coefficient (Wildman–Crippen LogP) is 1.29. The molecule has 0 aliphatic rings. The summed E-state index contributed by atoms with van der Waals surface area (Å²) in [4.78, 5) is 15.9. The second-order valence-electron chi connectivity index (χ2n) is 3.28. The van der Waals surface area contributed by atoms with Gasteiger partial charge in [0, 0.05) is 29.9 Å². The fraction of sp³-hybridized carbons (Fsp3) is 0.455. The zero-order valence-corrected chi connectivity index (χ0v) is 11.3. The van der Waals surface area contributed by atoms with E-state index >= 15 is 0 Å². The van der Waals surface area contributed by atoms with Crippen LogP contribution >= 0.6 is 23.1 Å². The van der Waals surface area contributed by atoms with E-state index in [1.54, 1.807) is 17.1 Å². The van der Waals surface area contributed by atoms with Gasteiger partial charge in [-0.05, 0) is 6.54 Å². The molecule has 0 unspecified atom stereocenters. The lowest BCUT2D eigenvalue weighted by Crippen LogP contribution is -2.26. The second kappa shape index (κ2) is 8.27. The first-order valence-corrected chi connectivity index (χ1v) is 7.42. The Morgan fingerprint density at radius 1 is 1.71 bits per heavy atom. The molecule has 17 heavy (non-hydrogen) atoms. The Labute approximate surface area is 110 Å². The zero-order chi connectivity index (χ0) is 12.5. The number of nitrogens with one attached hydrogen (secondary N) is 1. The largest absolute Gasteiger partial charge is 0.350 e. The molecule has 0 atom stereocenters. The predicted molar refractivity (Wildman–Crippen MR) is 74.7 cm³/mol. The van der Waals surface area contributed by atoms with Crippen LogP contribution in [-0.4, -0.2) is 35.5 Å². The van der Waals surface area contributed by atoms with Crippen LogP contribution in [0.1, 0.15) is 15.5 Å². The van der Waals surface area contributed by atoms with Crippen LogP contribution in [0.4, 0.5) is 0 Å². The third kappa shape index (κ3) is 5.34. The van der Waals surface area contributed by atoms with Gasteiger partial charge in [-0.1, -0.05) is 6.08 Å². The summed E-state index contributed by atoms with van der Waals surface area (Å²) in [5.41, 5.74) is 5.92. The van der Waals surface area contributed by atoms with Crippen LogP contribution in [0.2, 0.25) is 0 Å². The van der Waals surface area contributed by atoms with Gasteiger partial charge in [0.1, 0.15) is 5.69 Å². The smallest absolute Gasteiger partial charge is 0.270 e. The third-order valence-corrected chi connectivity index (χ3v) is 3.78. The van der Waals surface area contributed by atoms with Gasteiger partial charge in [-0.3, -0.25) is 4.79 Å². The number of rotatable bonds is 8. The van der Waals surface area contributed by atoms with Crippen molar-refractivity contribution in [2.45, 2.75) is 6.42 Å². The number of hydrogen-bond donors (Lipinski definition) is 2. The van der Waals surface area contributed by atoms with E-state index in [1.165, 1.54) is 11.3 Å². The Morgan fingerprint density at radius 3 is 3.24 bits per heavy atom. The van der Waals surface area contributed by atoms with Gasteiger partial charge in [-0.25, -0.2) is 4.98 Å². The van der Waals surface area contributed by atoms with E-state index in [9.17, 15) is 4.79 Å². The number of nitrogens with two attached hydrogens (primary N) is 1. The molecule has 0 spiro atoms. The lowest BCUT2D eigenvalue weighted by molar-refractivity contribution is 0.0951. The standard InChI is InChI=1S/C11H17N3OS2/c1-2-6-16-7-5-13-11(15)9-8-17-10(14-9)3-4-12/h2,8H,1,3-7,12H2,(H,13,15). The average Bonchev–Trinajstić information content (AvgIpc) is 2.78. The molecule has 0 aliphatic carbocycles. The lowest BCUT2D eigenvalue weighted by Gasteiger charge is -2.01. The molecule has 0 bridgehead atoms. The number of hydrogen-bond acceptors (Lipinski definition) is 5. The Hall–Kier alpha value is -0.850. The fourth-order valence-electron chi connectivity index (χ4n) is 1.15. The van der Waals surface area contributed by atoms with Gasteiger partial charge in [-0.2, -0.15) is 11.8 Å². The van der Waals surface area contributed by atoms with Crippen molar-refractivity contribution in [1.29, 1.82) is 0 Å². The van der Waals surface area contributed by atoms with Crippen molar-refractivity contribution < 1.29 is 4.79 Å². The van der Waals surface area contributed by atoms with Crippen molar-refractivity contribution in [2.75, 3.05) is 24.6 Å². The molecule has 94 valence electrons. The molecule has 1 amide bonds. The maximum absolute atomic E-state index is 11.7. The van der Waals surface area contributed by atoms with Gasteiger partial charge in [0.2, 0.25) is 0 Å². The summed E-state index contributed by atoms with van der Waals surface area (Å²) < 4.78 is 0. The zero-order valence-electron chi connectivity index (χ0n) is 9.65. The molecule has 1 aromatic rings. The van der Waals surface area contributed by atoms with Crippen molar-refractivity contribution >= 4 is 29.0 Å². The molecule has 1 rings (SSSR count). The monoisotopic (exact) mass is 271 g/mol. The molecular formula is C11H17N3OS2. The number of nitrogens with zero attached hydrogens (tertiary/aromatic N) is 1. The summed E-state index contributed by atoms with van der Waals surface area (Å²) in [7, 11) is 0. The van der Waals surface area contributed by atoms with Gasteiger partial charge < -0.3 is 11.1 Å². The molecule has 0 radical (unpaired) electrons. The van der Waals surface area contributed by atoms with E-state index < -0.39 is 0 Å². The van der Waals surface area contributed by atoms with Gasteiger partial charge in [0.05, 0.1) is 5.01 Å². The molecule has 0 saturated carbocycles. The van der Waals surface area contributed by atoms with E-state index in [4.69, 9.17) is 5.73 Å². The Morgan fingerprint density at radius 2 is 2.53 bits per heavy atom. The van der Waals surface area contributed by atoms with Gasteiger partial charge >= 0.3 is 0 Å². The van der Waals surface area contributed by atoms with Crippen molar-refractivity contribution in [1.82, 2.24) is 10.3 Å². The van der Waals surface area contributed by atoms with Crippen molar-refractivity contribution in [2.24, 2.45) is 5.73 Å². The van der Waals surface area contributed by atoms with Gasteiger partial charge in [0.25, 0.3) is 5.91 Å². The van der Waals surface area contributed by atoms with Crippen molar-refractivity contribution in [3.05, 3.63) is 28.7 Å². The number of carbonyl (C=O) groups excluding carboxylic acids is 1. The van der Waals surface area contributed by atoms with Crippen molar-refractivity contribution in [3.8, 4) is 0 Å². The van der Waals surface area contributed by atoms with Gasteiger partial charge in [-0.15, -0.1) is 17.9 Å². The molecule has 0 saturated heterocycles. The Balaban J connectivity index is 2.28. The highest BCUT2D eigenvalue weighted by molar-refractivity contribution is 7.99. The Kier molecular flexibility index (Phi) is 6.91. The van der Waals surface area contributed by atoms with Crippen LogP contribution in [0.15, 0.2) is 18.0 Å². The number of carbonyl (C=O) groups is 1. The summed E-state index contributed by atoms with van der Waals surface area (Å²) in [6.07, 6.45) is 2.58. The first-order valence-electron chi connectivity index (χ1n) is 5.39. The highest BCUT2D eigenvalue weighted by Crippen LogP contribution is 2.09. The normalized spacial score (nSPS) is 10.2. The topological polar surface area (TPSA) is 68.0 Å². The molecule has 0 aromatic carbocycles. The van der Waals surface area contributed by atoms with Crippen LogP contribution in [0.3, 0.4) is 0 Å². The van der Waals surface area contributed by atoms with Crippen LogP contribution < -0.4 is 11.1 Å². The van der Waals surface area contributed by atoms with Gasteiger partial charge in [0.15, 0.2) is 0 Å². The maximum Gasteiger partial charge on any atom is 0.270 e. The van der Waals surface area contributed by atoms with E-state index in [0.29, 0.717) is 18.8 Å². The quantitative estimate of drug-likeness (QED) is 0.552. The maximum atomic E-state index is 11.7. The summed E-state index contributed by atoms with van der Waals surface area (Å²) in [6, 6.07) is 0. The second-order valence-corrected chi connectivity index (χ2v) is 5.38. The minimum absolute atomic E-state index is 0.108. The molecule has 6 heteroatoms. The highest BCUT2D eigenvalue weighted by atomic mass is 32.2. The molecule has 3 N–H and O–H groups in total. The van der Waals surface area contributed by atoms with E-state index in [1.807, 2.05) is 6.08 Å². The summed E-state index contributed by atoms with van der Waals surface area (Å²) in [5.74, 6) is 1.69. The minimum Gasteiger partial charge on any atom is -0.350 e. The number of thioether (sulfide) groups is 1. The molecule has 1 heterocycles. The highest BCUT2D eigenvalue weighted by Gasteiger charge is 2.09. The molecule has 1 aromatic heterocycles. The van der Waals surface area contributed by atoms with Crippen LogP contribution in [0, 0.1) is 0 Å². The first kappa shape index (κ1) is 14.2. The van der Waals surface area contributed by atoms with Crippen LogP contribution in [0.25, 0.3) is 0 Å². The number of thiazole rings is 1.